The molecular formula is C16H23N3O2. The minimum atomic E-state index is -0.256. The lowest BCUT2D eigenvalue weighted by Crippen LogP contribution is -2.41. The van der Waals surface area contributed by atoms with E-state index in [4.69, 9.17) is 11.5 Å². The highest BCUT2D eigenvalue weighted by atomic mass is 16.2. The summed E-state index contributed by atoms with van der Waals surface area (Å²) in [5.74, 6) is -0.224. The normalized spacial score (nSPS) is 17.5. The lowest BCUT2D eigenvalue weighted by Gasteiger charge is -2.30. The molecule has 2 rings (SSSR count). The summed E-state index contributed by atoms with van der Waals surface area (Å²) in [6, 6.07) is 9.70. The van der Waals surface area contributed by atoms with E-state index in [9.17, 15) is 9.59 Å². The number of hydrogen-bond donors (Lipinski definition) is 2. The molecule has 1 heterocycles. The SMILES string of the molecule is NC(=O)C1CCN(C(=O)CCC(N)c2ccccc2)CC1. The molecule has 0 spiro atoms. The van der Waals surface area contributed by atoms with Gasteiger partial charge in [-0.05, 0) is 24.8 Å². The molecular weight excluding hydrogens is 266 g/mol. The van der Waals surface area contributed by atoms with Gasteiger partial charge in [-0.2, -0.15) is 0 Å². The van der Waals surface area contributed by atoms with Gasteiger partial charge in [-0.1, -0.05) is 30.3 Å². The van der Waals surface area contributed by atoms with E-state index < -0.39 is 0 Å². The molecule has 1 fully saturated rings. The van der Waals surface area contributed by atoms with Crippen molar-refractivity contribution in [2.45, 2.75) is 31.7 Å². The van der Waals surface area contributed by atoms with E-state index in [0.29, 0.717) is 38.8 Å². The summed E-state index contributed by atoms with van der Waals surface area (Å²) in [6.45, 7) is 1.24. The Morgan fingerprint density at radius 2 is 1.81 bits per heavy atom. The van der Waals surface area contributed by atoms with Gasteiger partial charge in [0.15, 0.2) is 0 Å². The van der Waals surface area contributed by atoms with Gasteiger partial charge in [0.1, 0.15) is 0 Å². The summed E-state index contributed by atoms with van der Waals surface area (Å²) in [7, 11) is 0. The molecule has 1 unspecified atom stereocenters. The predicted octanol–water partition coefficient (Wildman–Crippen LogP) is 1.19. The number of piperidine rings is 1. The number of primary amides is 1. The topological polar surface area (TPSA) is 89.4 Å². The summed E-state index contributed by atoms with van der Waals surface area (Å²) in [5, 5.41) is 0. The van der Waals surface area contributed by atoms with Crippen molar-refractivity contribution in [3.63, 3.8) is 0 Å². The van der Waals surface area contributed by atoms with Crippen LogP contribution in [0.3, 0.4) is 0 Å². The molecule has 1 aliphatic rings. The second kappa shape index (κ2) is 7.22. The fraction of sp³-hybridized carbons (Fsp3) is 0.500. The number of nitrogens with two attached hydrogens (primary N) is 2. The minimum Gasteiger partial charge on any atom is -0.369 e. The Morgan fingerprint density at radius 1 is 1.19 bits per heavy atom. The van der Waals surface area contributed by atoms with Crippen LogP contribution in [-0.2, 0) is 9.59 Å². The molecule has 1 aromatic carbocycles. The van der Waals surface area contributed by atoms with Crippen molar-refractivity contribution in [1.29, 1.82) is 0 Å². The molecule has 0 aromatic heterocycles. The largest absolute Gasteiger partial charge is 0.369 e. The van der Waals surface area contributed by atoms with Gasteiger partial charge in [0.05, 0.1) is 0 Å². The average Bonchev–Trinajstić information content (AvgIpc) is 2.53. The highest BCUT2D eigenvalue weighted by Gasteiger charge is 2.25. The van der Waals surface area contributed by atoms with Crippen LogP contribution in [-0.4, -0.2) is 29.8 Å². The summed E-state index contributed by atoms with van der Waals surface area (Å²) in [4.78, 5) is 25.1. The third-order valence-electron chi connectivity index (χ3n) is 4.15. The number of likely N-dealkylation sites (tertiary alicyclic amines) is 1. The number of hydrogen-bond acceptors (Lipinski definition) is 3. The fourth-order valence-corrected chi connectivity index (χ4v) is 2.72. The van der Waals surface area contributed by atoms with E-state index in [1.807, 2.05) is 35.2 Å². The zero-order valence-electron chi connectivity index (χ0n) is 12.2. The van der Waals surface area contributed by atoms with Gasteiger partial charge in [0, 0.05) is 31.5 Å². The summed E-state index contributed by atoms with van der Waals surface area (Å²) in [6.07, 6.45) is 2.42. The van der Waals surface area contributed by atoms with E-state index in [2.05, 4.69) is 0 Å². The number of carbonyl (C=O) groups excluding carboxylic acids is 2. The Labute approximate surface area is 125 Å². The standard InChI is InChI=1S/C16H23N3O2/c17-14(12-4-2-1-3-5-12)6-7-15(20)19-10-8-13(9-11-19)16(18)21/h1-5,13-14H,6-11,17H2,(H2,18,21). The molecule has 5 heteroatoms. The van der Waals surface area contributed by atoms with Crippen molar-refractivity contribution in [3.05, 3.63) is 35.9 Å². The second-order valence-electron chi connectivity index (χ2n) is 5.61. The zero-order chi connectivity index (χ0) is 15.2. The van der Waals surface area contributed by atoms with Crippen LogP contribution in [0.2, 0.25) is 0 Å². The number of amides is 2. The highest BCUT2D eigenvalue weighted by Crippen LogP contribution is 2.20. The molecule has 4 N–H and O–H groups in total. The minimum absolute atomic E-state index is 0.0828. The maximum atomic E-state index is 12.2. The number of carbonyl (C=O) groups is 2. The molecule has 0 saturated carbocycles. The second-order valence-corrected chi connectivity index (χ2v) is 5.61. The molecule has 1 aliphatic heterocycles. The number of nitrogens with zero attached hydrogens (tertiary/aromatic N) is 1. The number of benzene rings is 1. The number of rotatable bonds is 5. The molecule has 5 nitrogen and oxygen atoms in total. The van der Waals surface area contributed by atoms with Crippen LogP contribution in [0.4, 0.5) is 0 Å². The maximum absolute atomic E-state index is 12.2. The Bertz CT molecular complexity index is 482. The summed E-state index contributed by atoms with van der Waals surface area (Å²) >= 11 is 0. The van der Waals surface area contributed by atoms with Gasteiger partial charge in [-0.25, -0.2) is 0 Å². The van der Waals surface area contributed by atoms with Gasteiger partial charge < -0.3 is 16.4 Å². The van der Waals surface area contributed by atoms with E-state index in [-0.39, 0.29) is 23.8 Å². The van der Waals surface area contributed by atoms with Gasteiger partial charge in [-0.15, -0.1) is 0 Å². The molecule has 0 aliphatic carbocycles. The van der Waals surface area contributed by atoms with Crippen LogP contribution in [0.15, 0.2) is 30.3 Å². The maximum Gasteiger partial charge on any atom is 0.222 e. The van der Waals surface area contributed by atoms with Crippen LogP contribution in [0, 0.1) is 5.92 Å². The average molecular weight is 289 g/mol. The third kappa shape index (κ3) is 4.29. The van der Waals surface area contributed by atoms with Crippen molar-refractivity contribution >= 4 is 11.8 Å². The first kappa shape index (κ1) is 15.5. The molecule has 0 bridgehead atoms. The molecule has 2 amide bonds. The molecule has 1 aromatic rings. The van der Waals surface area contributed by atoms with Crippen LogP contribution in [0.25, 0.3) is 0 Å². The molecule has 0 radical (unpaired) electrons. The first-order chi connectivity index (χ1) is 10.1. The van der Waals surface area contributed by atoms with E-state index in [0.717, 1.165) is 5.56 Å². The molecule has 1 saturated heterocycles. The Kier molecular flexibility index (Phi) is 5.33. The zero-order valence-corrected chi connectivity index (χ0v) is 12.2. The van der Waals surface area contributed by atoms with Crippen molar-refractivity contribution in [1.82, 2.24) is 4.90 Å². The lowest BCUT2D eigenvalue weighted by atomic mass is 9.95. The third-order valence-corrected chi connectivity index (χ3v) is 4.15. The van der Waals surface area contributed by atoms with Crippen molar-refractivity contribution in [2.75, 3.05) is 13.1 Å². The van der Waals surface area contributed by atoms with Gasteiger partial charge in [-0.3, -0.25) is 9.59 Å². The highest BCUT2D eigenvalue weighted by molar-refractivity contribution is 5.78. The summed E-state index contributed by atoms with van der Waals surface area (Å²) in [5.41, 5.74) is 12.4. The van der Waals surface area contributed by atoms with Crippen molar-refractivity contribution in [2.24, 2.45) is 17.4 Å². The van der Waals surface area contributed by atoms with Gasteiger partial charge >= 0.3 is 0 Å². The Hall–Kier alpha value is -1.88. The van der Waals surface area contributed by atoms with Crippen molar-refractivity contribution in [3.8, 4) is 0 Å². The monoisotopic (exact) mass is 289 g/mol. The predicted molar refractivity (Wildman–Crippen MR) is 81.1 cm³/mol. The van der Waals surface area contributed by atoms with Crippen LogP contribution >= 0.6 is 0 Å². The van der Waals surface area contributed by atoms with Crippen LogP contribution < -0.4 is 11.5 Å². The first-order valence-electron chi connectivity index (χ1n) is 7.45. The van der Waals surface area contributed by atoms with E-state index in [1.165, 1.54) is 0 Å². The fourth-order valence-electron chi connectivity index (χ4n) is 2.72. The van der Waals surface area contributed by atoms with Gasteiger partial charge in [0.25, 0.3) is 0 Å². The Balaban J connectivity index is 1.76. The van der Waals surface area contributed by atoms with Crippen molar-refractivity contribution < 1.29 is 9.59 Å². The molecule has 114 valence electrons. The molecule has 1 atom stereocenters. The van der Waals surface area contributed by atoms with Crippen LogP contribution in [0.5, 0.6) is 0 Å². The van der Waals surface area contributed by atoms with E-state index >= 15 is 0 Å². The lowest BCUT2D eigenvalue weighted by molar-refractivity contribution is -0.135. The first-order valence-corrected chi connectivity index (χ1v) is 7.45. The molecule has 21 heavy (non-hydrogen) atoms. The quantitative estimate of drug-likeness (QED) is 0.853. The van der Waals surface area contributed by atoms with Gasteiger partial charge in [0.2, 0.25) is 11.8 Å². The van der Waals surface area contributed by atoms with E-state index in [1.54, 1.807) is 0 Å². The van der Waals surface area contributed by atoms with Crippen LogP contribution in [0.1, 0.15) is 37.3 Å². The summed E-state index contributed by atoms with van der Waals surface area (Å²) < 4.78 is 0. The Morgan fingerprint density at radius 3 is 2.38 bits per heavy atom. The smallest absolute Gasteiger partial charge is 0.222 e.